The fraction of sp³-hybridized carbons (Fsp3) is 0. The summed E-state index contributed by atoms with van der Waals surface area (Å²) < 4.78 is 0.749. The summed E-state index contributed by atoms with van der Waals surface area (Å²) in [4.78, 5) is 26.1. The van der Waals surface area contributed by atoms with Crippen molar-refractivity contribution in [2.24, 2.45) is 0 Å². The zero-order valence-corrected chi connectivity index (χ0v) is 11.9. The lowest BCUT2D eigenvalue weighted by molar-refractivity contribution is 0.0844. The third kappa shape index (κ3) is 3.59. The Morgan fingerprint density at radius 2 is 1.89 bits per heavy atom. The summed E-state index contributed by atoms with van der Waals surface area (Å²) in [6.07, 6.45) is 1.62. The molecule has 19 heavy (non-hydrogen) atoms. The molecular weight excluding hydrogens is 334 g/mol. The van der Waals surface area contributed by atoms with Crippen LogP contribution in [0.25, 0.3) is 0 Å². The normalized spacial score (nSPS) is 10.0. The minimum atomic E-state index is -0.443. The van der Waals surface area contributed by atoms with Crippen molar-refractivity contribution in [2.75, 3.05) is 0 Å². The second-order valence-electron chi connectivity index (χ2n) is 3.65. The fourth-order valence-electron chi connectivity index (χ4n) is 1.38. The number of aromatic nitrogens is 1. The van der Waals surface area contributed by atoms with E-state index in [0.717, 1.165) is 4.47 Å². The number of halogens is 2. The van der Waals surface area contributed by atoms with Crippen LogP contribution >= 0.6 is 27.5 Å². The van der Waals surface area contributed by atoms with Gasteiger partial charge in [0.2, 0.25) is 0 Å². The summed E-state index contributed by atoms with van der Waals surface area (Å²) in [5.41, 5.74) is 5.29. The van der Waals surface area contributed by atoms with Gasteiger partial charge in [-0.25, -0.2) is 0 Å². The third-order valence-corrected chi connectivity index (χ3v) is 2.96. The fourth-order valence-corrected chi connectivity index (χ4v) is 1.92. The molecule has 0 aliphatic heterocycles. The molecule has 0 saturated carbocycles. The van der Waals surface area contributed by atoms with E-state index in [9.17, 15) is 9.59 Å². The van der Waals surface area contributed by atoms with Gasteiger partial charge in [0.1, 0.15) is 5.69 Å². The molecule has 0 atom stereocenters. The smallest absolute Gasteiger partial charge is 0.286 e. The Morgan fingerprint density at radius 3 is 2.53 bits per heavy atom. The van der Waals surface area contributed by atoms with Crippen molar-refractivity contribution in [3.63, 3.8) is 0 Å². The molecule has 0 aliphatic carbocycles. The first-order valence-electron chi connectivity index (χ1n) is 5.26. The molecule has 0 bridgehead atoms. The first-order valence-corrected chi connectivity index (χ1v) is 6.43. The van der Waals surface area contributed by atoms with Crippen molar-refractivity contribution in [2.45, 2.75) is 0 Å². The highest BCUT2D eigenvalue weighted by atomic mass is 79.9. The van der Waals surface area contributed by atoms with Crippen molar-refractivity contribution in [3.05, 3.63) is 57.3 Å². The molecule has 3 N–H and O–H groups in total. The van der Waals surface area contributed by atoms with E-state index >= 15 is 0 Å². The van der Waals surface area contributed by atoms with Crippen LogP contribution in [0.5, 0.6) is 0 Å². The lowest BCUT2D eigenvalue weighted by Gasteiger charge is -2.06. The Bertz CT molecular complexity index is 627. The van der Waals surface area contributed by atoms with Gasteiger partial charge in [-0.3, -0.25) is 20.4 Å². The van der Waals surface area contributed by atoms with E-state index in [1.54, 1.807) is 30.5 Å². The number of benzene rings is 1. The minimum absolute atomic E-state index is 0.332. The lowest BCUT2D eigenvalue weighted by atomic mass is 10.2. The van der Waals surface area contributed by atoms with Gasteiger partial charge < -0.3 is 4.98 Å². The highest BCUT2D eigenvalue weighted by molar-refractivity contribution is 9.10. The van der Waals surface area contributed by atoms with Crippen LogP contribution in [0.15, 0.2) is 41.0 Å². The summed E-state index contributed by atoms with van der Waals surface area (Å²) in [5.74, 6) is -0.887. The summed E-state index contributed by atoms with van der Waals surface area (Å²) in [6.45, 7) is 0. The van der Waals surface area contributed by atoms with Gasteiger partial charge in [0.05, 0.1) is 0 Å². The SMILES string of the molecule is O=C(NNC(=O)c1cc(Br)c[nH]1)c1cccc(Cl)c1. The standard InChI is InChI=1S/C12H9BrClN3O2/c13-8-5-10(15-6-8)12(19)17-16-11(18)7-2-1-3-9(14)4-7/h1-6,15H,(H,16,18)(H,17,19). The molecule has 0 saturated heterocycles. The largest absolute Gasteiger partial charge is 0.356 e. The average molecular weight is 343 g/mol. The van der Waals surface area contributed by atoms with Crippen LogP contribution in [0, 0.1) is 0 Å². The number of H-pyrrole nitrogens is 1. The van der Waals surface area contributed by atoms with Crippen LogP contribution in [-0.4, -0.2) is 16.8 Å². The van der Waals surface area contributed by atoms with Crippen molar-refractivity contribution >= 4 is 39.3 Å². The number of hydrogen-bond acceptors (Lipinski definition) is 2. The van der Waals surface area contributed by atoms with E-state index in [1.165, 1.54) is 6.07 Å². The van der Waals surface area contributed by atoms with E-state index in [1.807, 2.05) is 0 Å². The molecular formula is C12H9BrClN3O2. The monoisotopic (exact) mass is 341 g/mol. The zero-order valence-electron chi connectivity index (χ0n) is 9.54. The summed E-state index contributed by atoms with van der Waals surface area (Å²) in [7, 11) is 0. The molecule has 0 spiro atoms. The maximum Gasteiger partial charge on any atom is 0.286 e. The van der Waals surface area contributed by atoms with Crippen molar-refractivity contribution in [1.29, 1.82) is 0 Å². The van der Waals surface area contributed by atoms with Crippen LogP contribution in [-0.2, 0) is 0 Å². The predicted molar refractivity (Wildman–Crippen MR) is 74.9 cm³/mol. The van der Waals surface area contributed by atoms with E-state index in [2.05, 4.69) is 31.8 Å². The lowest BCUT2D eigenvalue weighted by Crippen LogP contribution is -2.41. The molecule has 1 aromatic carbocycles. The van der Waals surface area contributed by atoms with Crippen LogP contribution in [0.2, 0.25) is 5.02 Å². The van der Waals surface area contributed by atoms with Crippen molar-refractivity contribution in [1.82, 2.24) is 15.8 Å². The Kier molecular flexibility index (Phi) is 4.24. The molecule has 7 heteroatoms. The van der Waals surface area contributed by atoms with Gasteiger partial charge in [-0.1, -0.05) is 17.7 Å². The predicted octanol–water partition coefficient (Wildman–Crippen LogP) is 2.51. The minimum Gasteiger partial charge on any atom is -0.356 e. The van der Waals surface area contributed by atoms with Gasteiger partial charge >= 0.3 is 0 Å². The first-order chi connectivity index (χ1) is 9.06. The van der Waals surface area contributed by atoms with Crippen molar-refractivity contribution < 1.29 is 9.59 Å². The maximum absolute atomic E-state index is 11.7. The molecule has 5 nitrogen and oxygen atoms in total. The number of aromatic amines is 1. The second kappa shape index (κ2) is 5.90. The summed E-state index contributed by atoms with van der Waals surface area (Å²) >= 11 is 8.98. The number of carbonyl (C=O) groups is 2. The zero-order chi connectivity index (χ0) is 13.8. The highest BCUT2D eigenvalue weighted by Gasteiger charge is 2.10. The van der Waals surface area contributed by atoms with Gasteiger partial charge in [0, 0.05) is 21.3 Å². The summed E-state index contributed by atoms with van der Waals surface area (Å²) in [6, 6.07) is 8.02. The Labute approximate surface area is 122 Å². The number of amides is 2. The van der Waals surface area contributed by atoms with Crippen LogP contribution < -0.4 is 10.9 Å². The van der Waals surface area contributed by atoms with E-state index in [4.69, 9.17) is 11.6 Å². The molecule has 0 aliphatic rings. The Balaban J connectivity index is 1.95. The van der Waals surface area contributed by atoms with Crippen LogP contribution in [0.4, 0.5) is 0 Å². The van der Waals surface area contributed by atoms with Gasteiger partial charge in [0.15, 0.2) is 0 Å². The average Bonchev–Trinajstić information content (AvgIpc) is 2.82. The van der Waals surface area contributed by atoms with Crippen LogP contribution in [0.3, 0.4) is 0 Å². The van der Waals surface area contributed by atoms with E-state index in [-0.39, 0.29) is 0 Å². The van der Waals surface area contributed by atoms with Crippen molar-refractivity contribution in [3.8, 4) is 0 Å². The van der Waals surface area contributed by atoms with Gasteiger partial charge in [0.25, 0.3) is 11.8 Å². The molecule has 1 heterocycles. The quantitative estimate of drug-likeness (QED) is 0.734. The Morgan fingerprint density at radius 1 is 1.16 bits per heavy atom. The Hall–Kier alpha value is -1.79. The topological polar surface area (TPSA) is 74.0 Å². The third-order valence-electron chi connectivity index (χ3n) is 2.27. The number of hydrazine groups is 1. The van der Waals surface area contributed by atoms with E-state index < -0.39 is 11.8 Å². The molecule has 1 aromatic heterocycles. The van der Waals surface area contributed by atoms with Gasteiger partial charge in [-0.15, -0.1) is 0 Å². The van der Waals surface area contributed by atoms with Gasteiger partial charge in [-0.2, -0.15) is 0 Å². The molecule has 0 unspecified atom stereocenters. The first kappa shape index (κ1) is 13.6. The second-order valence-corrected chi connectivity index (χ2v) is 5.00. The number of rotatable bonds is 2. The molecule has 2 rings (SSSR count). The highest BCUT2D eigenvalue weighted by Crippen LogP contribution is 2.11. The molecule has 2 aromatic rings. The number of nitrogens with one attached hydrogen (secondary N) is 3. The number of carbonyl (C=O) groups excluding carboxylic acids is 2. The molecule has 0 radical (unpaired) electrons. The summed E-state index contributed by atoms with van der Waals surface area (Å²) in [5, 5.41) is 0.451. The number of hydrogen-bond donors (Lipinski definition) is 3. The molecule has 0 fully saturated rings. The van der Waals surface area contributed by atoms with Gasteiger partial charge in [-0.05, 0) is 40.2 Å². The molecule has 2 amide bonds. The maximum atomic E-state index is 11.7. The van der Waals surface area contributed by atoms with Crippen LogP contribution in [0.1, 0.15) is 20.8 Å². The molecule has 98 valence electrons. The van der Waals surface area contributed by atoms with E-state index in [0.29, 0.717) is 16.3 Å².